The van der Waals surface area contributed by atoms with Crippen molar-refractivity contribution in [1.82, 2.24) is 9.78 Å². The van der Waals surface area contributed by atoms with Crippen LogP contribution >= 0.6 is 11.3 Å². The maximum absolute atomic E-state index is 12.9. The quantitative estimate of drug-likeness (QED) is 0.503. The van der Waals surface area contributed by atoms with E-state index in [9.17, 15) is 9.59 Å². The zero-order valence-electron chi connectivity index (χ0n) is 16.5. The number of H-pyrrole nitrogens is 1. The number of esters is 1. The largest absolute Gasteiger partial charge is 0.462 e. The number of aryl methyl sites for hydroxylation is 2. The summed E-state index contributed by atoms with van der Waals surface area (Å²) in [5.74, 6) is -0.327. The van der Waals surface area contributed by atoms with Gasteiger partial charge in [0.1, 0.15) is 5.00 Å². The van der Waals surface area contributed by atoms with E-state index in [2.05, 4.69) is 10.1 Å². The van der Waals surface area contributed by atoms with Crippen LogP contribution in [-0.2, 0) is 17.6 Å². The van der Waals surface area contributed by atoms with E-state index in [0.29, 0.717) is 22.7 Å². The SMILES string of the molecule is CCOC(=O)c1c(N=Cc2c(C)[nH]n(-c3ccccc3)c2=O)sc2c1CCCC2. The second kappa shape index (κ2) is 8.21. The number of aromatic amines is 1. The van der Waals surface area contributed by atoms with Gasteiger partial charge in [-0.2, -0.15) is 0 Å². The Labute approximate surface area is 172 Å². The lowest BCUT2D eigenvalue weighted by molar-refractivity contribution is 0.0526. The maximum atomic E-state index is 12.9. The van der Waals surface area contributed by atoms with Crippen LogP contribution in [0.5, 0.6) is 0 Å². The highest BCUT2D eigenvalue weighted by atomic mass is 32.1. The molecule has 4 rings (SSSR count). The Bertz CT molecular complexity index is 1120. The minimum atomic E-state index is -0.327. The third-order valence-electron chi connectivity index (χ3n) is 5.07. The molecule has 29 heavy (non-hydrogen) atoms. The number of thiophene rings is 1. The zero-order valence-corrected chi connectivity index (χ0v) is 17.3. The summed E-state index contributed by atoms with van der Waals surface area (Å²) in [6, 6.07) is 9.40. The number of para-hydroxylation sites is 1. The van der Waals surface area contributed by atoms with Crippen LogP contribution in [0.25, 0.3) is 5.69 Å². The summed E-state index contributed by atoms with van der Waals surface area (Å²) in [5, 5.41) is 3.72. The molecule has 2 heterocycles. The molecule has 0 bridgehead atoms. The van der Waals surface area contributed by atoms with Crippen molar-refractivity contribution in [3.8, 4) is 5.69 Å². The van der Waals surface area contributed by atoms with Crippen LogP contribution in [-0.4, -0.2) is 28.6 Å². The molecule has 150 valence electrons. The molecule has 0 radical (unpaired) electrons. The molecule has 0 atom stereocenters. The second-order valence-corrected chi connectivity index (χ2v) is 8.08. The first-order chi connectivity index (χ1) is 14.1. The summed E-state index contributed by atoms with van der Waals surface area (Å²) in [6.07, 6.45) is 5.59. The van der Waals surface area contributed by atoms with Gasteiger partial charge in [0.2, 0.25) is 0 Å². The van der Waals surface area contributed by atoms with Crippen molar-refractivity contribution >= 4 is 28.5 Å². The van der Waals surface area contributed by atoms with Crippen LogP contribution in [0.15, 0.2) is 40.1 Å². The first kappa shape index (κ1) is 19.4. The summed E-state index contributed by atoms with van der Waals surface area (Å²) in [6.45, 7) is 3.97. The Kier molecular flexibility index (Phi) is 5.49. The molecule has 6 nitrogen and oxygen atoms in total. The van der Waals surface area contributed by atoms with E-state index >= 15 is 0 Å². The number of ether oxygens (including phenoxy) is 1. The number of rotatable bonds is 5. The molecule has 0 saturated carbocycles. The lowest BCUT2D eigenvalue weighted by atomic mass is 9.95. The van der Waals surface area contributed by atoms with Gasteiger partial charge >= 0.3 is 5.97 Å². The van der Waals surface area contributed by atoms with E-state index in [1.165, 1.54) is 20.9 Å². The number of carbonyl (C=O) groups excluding carboxylic acids is 1. The molecule has 3 aromatic rings. The van der Waals surface area contributed by atoms with E-state index < -0.39 is 0 Å². The van der Waals surface area contributed by atoms with Crippen molar-refractivity contribution in [3.05, 3.63) is 67.9 Å². The van der Waals surface area contributed by atoms with Gasteiger partial charge in [-0.25, -0.2) is 14.5 Å². The highest BCUT2D eigenvalue weighted by Crippen LogP contribution is 2.40. The average Bonchev–Trinajstić information content (AvgIpc) is 3.24. The number of hydrogen-bond acceptors (Lipinski definition) is 5. The molecule has 0 unspecified atom stereocenters. The van der Waals surface area contributed by atoms with Crippen LogP contribution < -0.4 is 5.56 Å². The van der Waals surface area contributed by atoms with Gasteiger partial charge in [0.05, 0.1) is 23.4 Å². The molecule has 0 amide bonds. The van der Waals surface area contributed by atoms with Crippen molar-refractivity contribution in [2.24, 2.45) is 4.99 Å². The van der Waals surface area contributed by atoms with Gasteiger partial charge in [-0.15, -0.1) is 11.3 Å². The van der Waals surface area contributed by atoms with Crippen molar-refractivity contribution in [2.75, 3.05) is 6.61 Å². The standard InChI is InChI=1S/C22H23N3O3S/c1-3-28-22(27)19-16-11-7-8-12-18(16)29-20(19)23-13-17-14(2)24-25(21(17)26)15-9-5-4-6-10-15/h4-6,9-10,13,24H,3,7-8,11-12H2,1-2H3. The predicted molar refractivity (Wildman–Crippen MR) is 115 cm³/mol. The number of aromatic nitrogens is 2. The molecular formula is C22H23N3O3S. The van der Waals surface area contributed by atoms with E-state index in [0.717, 1.165) is 42.6 Å². The summed E-state index contributed by atoms with van der Waals surface area (Å²) < 4.78 is 6.78. The number of hydrogen-bond donors (Lipinski definition) is 1. The van der Waals surface area contributed by atoms with Crippen LogP contribution in [0.3, 0.4) is 0 Å². The zero-order chi connectivity index (χ0) is 20.4. The smallest absolute Gasteiger partial charge is 0.341 e. The van der Waals surface area contributed by atoms with Gasteiger partial charge in [0, 0.05) is 16.8 Å². The fraction of sp³-hybridized carbons (Fsp3) is 0.318. The van der Waals surface area contributed by atoms with Crippen molar-refractivity contribution < 1.29 is 9.53 Å². The van der Waals surface area contributed by atoms with Gasteiger partial charge < -0.3 is 4.74 Å². The molecule has 0 saturated heterocycles. The van der Waals surface area contributed by atoms with Gasteiger partial charge in [-0.1, -0.05) is 18.2 Å². The van der Waals surface area contributed by atoms with Crippen molar-refractivity contribution in [1.29, 1.82) is 0 Å². The molecule has 1 N–H and O–H groups in total. The van der Waals surface area contributed by atoms with Crippen LogP contribution in [0.2, 0.25) is 0 Å². The minimum absolute atomic E-state index is 0.170. The minimum Gasteiger partial charge on any atom is -0.462 e. The molecule has 1 aliphatic carbocycles. The summed E-state index contributed by atoms with van der Waals surface area (Å²) in [5.41, 5.74) is 3.44. The summed E-state index contributed by atoms with van der Waals surface area (Å²) in [4.78, 5) is 31.2. The van der Waals surface area contributed by atoms with E-state index in [4.69, 9.17) is 4.74 Å². The highest BCUT2D eigenvalue weighted by molar-refractivity contribution is 7.16. The molecule has 2 aromatic heterocycles. The Morgan fingerprint density at radius 3 is 2.79 bits per heavy atom. The Morgan fingerprint density at radius 2 is 2.03 bits per heavy atom. The molecule has 1 aliphatic rings. The van der Waals surface area contributed by atoms with Crippen LogP contribution in [0.4, 0.5) is 5.00 Å². The number of aliphatic imine (C=N–C) groups is 1. The first-order valence-electron chi connectivity index (χ1n) is 9.83. The molecule has 1 aromatic carbocycles. The third kappa shape index (κ3) is 3.70. The van der Waals surface area contributed by atoms with E-state index in [1.54, 1.807) is 13.1 Å². The Balaban J connectivity index is 1.74. The Morgan fingerprint density at radius 1 is 1.28 bits per heavy atom. The monoisotopic (exact) mass is 409 g/mol. The fourth-order valence-electron chi connectivity index (χ4n) is 3.65. The number of nitrogens with zero attached hydrogens (tertiary/aromatic N) is 2. The predicted octanol–water partition coefficient (Wildman–Crippen LogP) is 4.34. The normalized spacial score (nSPS) is 13.6. The molecular weight excluding hydrogens is 386 g/mol. The van der Waals surface area contributed by atoms with Gasteiger partial charge in [0.25, 0.3) is 5.56 Å². The number of fused-ring (bicyclic) bond motifs is 1. The number of benzene rings is 1. The molecule has 7 heteroatoms. The fourth-order valence-corrected chi connectivity index (χ4v) is 4.87. The second-order valence-electron chi connectivity index (χ2n) is 7.00. The van der Waals surface area contributed by atoms with Crippen LogP contribution in [0, 0.1) is 6.92 Å². The van der Waals surface area contributed by atoms with E-state index in [1.807, 2.05) is 37.3 Å². The van der Waals surface area contributed by atoms with Crippen LogP contribution in [0.1, 0.15) is 51.8 Å². The maximum Gasteiger partial charge on any atom is 0.341 e. The summed E-state index contributed by atoms with van der Waals surface area (Å²) >= 11 is 1.53. The highest BCUT2D eigenvalue weighted by Gasteiger charge is 2.26. The van der Waals surface area contributed by atoms with Crippen molar-refractivity contribution in [3.63, 3.8) is 0 Å². The molecule has 0 spiro atoms. The summed E-state index contributed by atoms with van der Waals surface area (Å²) in [7, 11) is 0. The van der Waals surface area contributed by atoms with Gasteiger partial charge in [-0.3, -0.25) is 9.89 Å². The number of nitrogens with one attached hydrogen (secondary N) is 1. The molecule has 0 aliphatic heterocycles. The van der Waals surface area contributed by atoms with Crippen molar-refractivity contribution in [2.45, 2.75) is 39.5 Å². The Hall–Kier alpha value is -2.93. The first-order valence-corrected chi connectivity index (χ1v) is 10.6. The third-order valence-corrected chi connectivity index (χ3v) is 6.27. The van der Waals surface area contributed by atoms with E-state index in [-0.39, 0.29) is 11.5 Å². The lowest BCUT2D eigenvalue weighted by Crippen LogP contribution is -2.17. The topological polar surface area (TPSA) is 76.4 Å². The average molecular weight is 410 g/mol. The van der Waals surface area contributed by atoms with Gasteiger partial charge in [0.15, 0.2) is 0 Å². The lowest BCUT2D eigenvalue weighted by Gasteiger charge is -2.11. The van der Waals surface area contributed by atoms with Gasteiger partial charge in [-0.05, 0) is 57.2 Å². The number of carbonyl (C=O) groups is 1. The molecule has 0 fully saturated rings.